The molecule has 3 rings (SSSR count). The Balaban J connectivity index is 1.51. The third-order valence-corrected chi connectivity index (χ3v) is 4.90. The summed E-state index contributed by atoms with van der Waals surface area (Å²) >= 11 is 0. The van der Waals surface area contributed by atoms with Gasteiger partial charge in [-0.1, -0.05) is 20.8 Å². The van der Waals surface area contributed by atoms with Crippen molar-refractivity contribution in [3.63, 3.8) is 0 Å². The first-order valence-corrected chi connectivity index (χ1v) is 9.42. The molecular formula is C19H30N4O2. The highest BCUT2D eigenvalue weighted by molar-refractivity contribution is 5.76. The molecule has 25 heavy (non-hydrogen) atoms. The number of amides is 1. The van der Waals surface area contributed by atoms with Gasteiger partial charge in [0.05, 0.1) is 11.9 Å². The molecule has 1 amide bonds. The number of nitrogens with zero attached hydrogens (tertiary/aromatic N) is 3. The highest BCUT2D eigenvalue weighted by Crippen LogP contribution is 2.29. The molecule has 0 bridgehead atoms. The zero-order valence-corrected chi connectivity index (χ0v) is 15.6. The molecule has 1 aromatic rings. The summed E-state index contributed by atoms with van der Waals surface area (Å²) in [4.78, 5) is 26.5. The summed E-state index contributed by atoms with van der Waals surface area (Å²) in [5.74, 6) is 0.777. The van der Waals surface area contributed by atoms with Gasteiger partial charge in [-0.3, -0.25) is 9.59 Å². The van der Waals surface area contributed by atoms with Gasteiger partial charge in [0.1, 0.15) is 0 Å². The standard InChI is InChI=1S/C19H30N4O2/c1-19(2,3)11-17(24)21-15-6-8-22(9-7-15)16-10-18(25)23(20-12-16)13-14-4-5-14/h10,12,14-15H,4-9,11,13H2,1-3H3,(H,21,24). The molecule has 2 aliphatic rings. The molecule has 1 aromatic heterocycles. The normalized spacial score (nSPS) is 19.1. The van der Waals surface area contributed by atoms with Crippen LogP contribution >= 0.6 is 0 Å². The van der Waals surface area contributed by atoms with Gasteiger partial charge in [-0.25, -0.2) is 4.68 Å². The van der Waals surface area contributed by atoms with Gasteiger partial charge in [-0.2, -0.15) is 5.10 Å². The molecule has 1 aliphatic carbocycles. The Labute approximate surface area is 149 Å². The van der Waals surface area contributed by atoms with Crippen molar-refractivity contribution in [1.82, 2.24) is 15.1 Å². The van der Waals surface area contributed by atoms with Crippen molar-refractivity contribution in [2.45, 2.75) is 65.5 Å². The minimum absolute atomic E-state index is 0.00926. The van der Waals surface area contributed by atoms with Crippen molar-refractivity contribution in [2.24, 2.45) is 11.3 Å². The smallest absolute Gasteiger partial charge is 0.268 e. The number of hydrogen-bond acceptors (Lipinski definition) is 4. The summed E-state index contributed by atoms with van der Waals surface area (Å²) in [5, 5.41) is 7.48. The van der Waals surface area contributed by atoms with Gasteiger partial charge in [0.15, 0.2) is 0 Å². The Hall–Kier alpha value is -1.85. The van der Waals surface area contributed by atoms with Crippen LogP contribution in [0.25, 0.3) is 0 Å². The van der Waals surface area contributed by atoms with Crippen molar-refractivity contribution >= 4 is 11.6 Å². The van der Waals surface area contributed by atoms with E-state index in [9.17, 15) is 9.59 Å². The van der Waals surface area contributed by atoms with E-state index in [-0.39, 0.29) is 22.9 Å². The first-order chi connectivity index (χ1) is 11.8. The highest BCUT2D eigenvalue weighted by Gasteiger charge is 2.25. The molecule has 1 saturated heterocycles. The fourth-order valence-electron chi connectivity index (χ4n) is 3.32. The number of nitrogens with one attached hydrogen (secondary N) is 1. The molecule has 6 nitrogen and oxygen atoms in total. The predicted molar refractivity (Wildman–Crippen MR) is 98.7 cm³/mol. The van der Waals surface area contributed by atoms with E-state index in [0.717, 1.165) is 38.2 Å². The maximum absolute atomic E-state index is 12.2. The third-order valence-electron chi connectivity index (χ3n) is 4.90. The van der Waals surface area contributed by atoms with Crippen LogP contribution in [-0.2, 0) is 11.3 Å². The largest absolute Gasteiger partial charge is 0.370 e. The maximum atomic E-state index is 12.2. The molecule has 0 aromatic carbocycles. The molecule has 0 unspecified atom stereocenters. The van der Waals surface area contributed by atoms with Crippen LogP contribution in [0.5, 0.6) is 0 Å². The van der Waals surface area contributed by atoms with Gasteiger partial charge >= 0.3 is 0 Å². The molecule has 0 atom stereocenters. The number of rotatable bonds is 5. The summed E-state index contributed by atoms with van der Waals surface area (Å²) in [5.41, 5.74) is 0.905. The minimum Gasteiger partial charge on any atom is -0.370 e. The quantitative estimate of drug-likeness (QED) is 0.887. The predicted octanol–water partition coefficient (Wildman–Crippen LogP) is 2.17. The lowest BCUT2D eigenvalue weighted by Crippen LogP contribution is -2.45. The van der Waals surface area contributed by atoms with E-state index in [0.29, 0.717) is 12.3 Å². The van der Waals surface area contributed by atoms with E-state index in [2.05, 4.69) is 36.1 Å². The lowest BCUT2D eigenvalue weighted by atomic mass is 9.91. The van der Waals surface area contributed by atoms with Crippen LogP contribution in [-0.4, -0.2) is 34.8 Å². The molecule has 2 heterocycles. The van der Waals surface area contributed by atoms with Crippen LogP contribution < -0.4 is 15.8 Å². The first kappa shape index (κ1) is 18.0. The molecular weight excluding hydrogens is 316 g/mol. The molecule has 138 valence electrons. The Morgan fingerprint density at radius 1 is 1.24 bits per heavy atom. The molecule has 1 aliphatic heterocycles. The average Bonchev–Trinajstić information content (AvgIpc) is 3.32. The van der Waals surface area contributed by atoms with E-state index in [4.69, 9.17) is 0 Å². The monoisotopic (exact) mass is 346 g/mol. The molecule has 0 spiro atoms. The fourth-order valence-corrected chi connectivity index (χ4v) is 3.32. The number of hydrogen-bond donors (Lipinski definition) is 1. The van der Waals surface area contributed by atoms with E-state index in [1.54, 1.807) is 10.7 Å². The van der Waals surface area contributed by atoms with E-state index >= 15 is 0 Å². The van der Waals surface area contributed by atoms with Crippen LogP contribution in [0.4, 0.5) is 5.69 Å². The minimum atomic E-state index is -0.00926. The van der Waals surface area contributed by atoms with Gasteiger partial charge in [0.25, 0.3) is 5.56 Å². The zero-order valence-electron chi connectivity index (χ0n) is 15.6. The molecule has 6 heteroatoms. The van der Waals surface area contributed by atoms with Crippen molar-refractivity contribution in [3.8, 4) is 0 Å². The second-order valence-electron chi connectivity index (χ2n) is 8.74. The lowest BCUT2D eigenvalue weighted by molar-refractivity contribution is -0.123. The van der Waals surface area contributed by atoms with Crippen molar-refractivity contribution in [3.05, 3.63) is 22.6 Å². The van der Waals surface area contributed by atoms with Crippen LogP contribution in [0.1, 0.15) is 52.9 Å². The number of piperidine rings is 1. The number of carbonyl (C=O) groups excluding carboxylic acids is 1. The first-order valence-electron chi connectivity index (χ1n) is 9.42. The van der Waals surface area contributed by atoms with Crippen molar-refractivity contribution < 1.29 is 4.79 Å². The summed E-state index contributed by atoms with van der Waals surface area (Å²) in [6.07, 6.45) is 6.59. The van der Waals surface area contributed by atoms with E-state index in [1.807, 2.05) is 6.20 Å². The maximum Gasteiger partial charge on any atom is 0.268 e. The van der Waals surface area contributed by atoms with Gasteiger partial charge < -0.3 is 10.2 Å². The average molecular weight is 346 g/mol. The second kappa shape index (κ2) is 7.18. The highest BCUT2D eigenvalue weighted by atomic mass is 16.1. The summed E-state index contributed by atoms with van der Waals surface area (Å²) in [6.45, 7) is 8.66. The van der Waals surface area contributed by atoms with Crippen LogP contribution in [0, 0.1) is 11.3 Å². The molecule has 1 N–H and O–H groups in total. The number of aromatic nitrogens is 2. The summed E-state index contributed by atoms with van der Waals surface area (Å²) < 4.78 is 1.58. The van der Waals surface area contributed by atoms with Gasteiger partial charge in [0, 0.05) is 38.2 Å². The molecule has 1 saturated carbocycles. The van der Waals surface area contributed by atoms with Gasteiger partial charge in [-0.15, -0.1) is 0 Å². The van der Waals surface area contributed by atoms with Crippen LogP contribution in [0.2, 0.25) is 0 Å². The Bertz CT molecular complexity index is 665. The summed E-state index contributed by atoms with van der Waals surface area (Å²) in [6, 6.07) is 1.93. The third kappa shape index (κ3) is 5.31. The Morgan fingerprint density at radius 2 is 1.92 bits per heavy atom. The lowest BCUT2D eigenvalue weighted by Gasteiger charge is -2.34. The topological polar surface area (TPSA) is 67.2 Å². The summed E-state index contributed by atoms with van der Waals surface area (Å²) in [7, 11) is 0. The zero-order chi connectivity index (χ0) is 18.0. The second-order valence-corrected chi connectivity index (χ2v) is 8.74. The molecule has 0 radical (unpaired) electrons. The molecule has 2 fully saturated rings. The SMILES string of the molecule is CC(C)(C)CC(=O)NC1CCN(c2cnn(CC3CC3)c(=O)c2)CC1. The van der Waals surface area contributed by atoms with Gasteiger partial charge in [-0.05, 0) is 37.0 Å². The van der Waals surface area contributed by atoms with E-state index in [1.165, 1.54) is 12.8 Å². The Morgan fingerprint density at radius 3 is 2.48 bits per heavy atom. The van der Waals surface area contributed by atoms with Crippen molar-refractivity contribution in [2.75, 3.05) is 18.0 Å². The number of carbonyl (C=O) groups is 1. The van der Waals surface area contributed by atoms with Crippen molar-refractivity contribution in [1.29, 1.82) is 0 Å². The fraction of sp³-hybridized carbons (Fsp3) is 0.737. The van der Waals surface area contributed by atoms with Crippen LogP contribution in [0.3, 0.4) is 0 Å². The van der Waals surface area contributed by atoms with E-state index < -0.39 is 0 Å². The Kier molecular flexibility index (Phi) is 5.16. The van der Waals surface area contributed by atoms with Crippen LogP contribution in [0.15, 0.2) is 17.1 Å². The van der Waals surface area contributed by atoms with Gasteiger partial charge in [0.2, 0.25) is 5.91 Å². The number of anilines is 1.